The molecular formula is C22H16BrNO2. The Morgan fingerprint density at radius 1 is 0.885 bits per heavy atom. The van der Waals surface area contributed by atoms with Gasteiger partial charge in [-0.15, -0.1) is 0 Å². The third-order valence-corrected chi connectivity index (χ3v) is 4.87. The van der Waals surface area contributed by atoms with Crippen molar-refractivity contribution in [3.63, 3.8) is 0 Å². The topological polar surface area (TPSA) is 39.2 Å². The molecule has 26 heavy (non-hydrogen) atoms. The van der Waals surface area contributed by atoms with Crippen LogP contribution in [0, 0.1) is 13.8 Å². The zero-order valence-electron chi connectivity index (χ0n) is 14.4. The predicted molar refractivity (Wildman–Crippen MR) is 108 cm³/mol. The number of halogens is 1. The summed E-state index contributed by atoms with van der Waals surface area (Å²) in [4.78, 5) is 17.8. The number of esters is 1. The molecular weight excluding hydrogens is 390 g/mol. The molecule has 0 atom stereocenters. The van der Waals surface area contributed by atoms with Crippen LogP contribution in [0.25, 0.3) is 21.8 Å². The molecule has 1 aromatic heterocycles. The summed E-state index contributed by atoms with van der Waals surface area (Å²) in [5, 5.41) is 1.59. The maximum atomic E-state index is 13.2. The van der Waals surface area contributed by atoms with Gasteiger partial charge in [-0.05, 0) is 49.2 Å². The molecule has 4 aromatic rings. The molecule has 3 nitrogen and oxygen atoms in total. The second-order valence-electron chi connectivity index (χ2n) is 6.28. The standard InChI is InChI=1S/C22H16BrNO2/c1-13-11-15(23)12-14(2)21(13)26-22(25)20-16-7-3-5-9-18(16)24-19-10-6-4-8-17(19)20/h3-12H,1-2H3. The average Bonchev–Trinajstić information content (AvgIpc) is 2.62. The number of hydrogen-bond acceptors (Lipinski definition) is 3. The molecule has 1 heterocycles. The Morgan fingerprint density at radius 3 is 1.92 bits per heavy atom. The number of ether oxygens (including phenoxy) is 1. The number of para-hydroxylation sites is 2. The molecule has 4 heteroatoms. The van der Waals surface area contributed by atoms with Crippen molar-refractivity contribution in [2.24, 2.45) is 0 Å². The highest BCUT2D eigenvalue weighted by atomic mass is 79.9. The van der Waals surface area contributed by atoms with Crippen molar-refractivity contribution in [1.29, 1.82) is 0 Å². The molecule has 0 radical (unpaired) electrons. The van der Waals surface area contributed by atoms with Gasteiger partial charge in [-0.1, -0.05) is 52.3 Å². The highest BCUT2D eigenvalue weighted by Gasteiger charge is 2.19. The highest BCUT2D eigenvalue weighted by molar-refractivity contribution is 9.10. The van der Waals surface area contributed by atoms with Crippen LogP contribution in [0.2, 0.25) is 0 Å². The minimum Gasteiger partial charge on any atom is -0.422 e. The summed E-state index contributed by atoms with van der Waals surface area (Å²) in [7, 11) is 0. The van der Waals surface area contributed by atoms with E-state index in [1.807, 2.05) is 74.5 Å². The van der Waals surface area contributed by atoms with Gasteiger partial charge in [0.15, 0.2) is 0 Å². The average molecular weight is 406 g/mol. The lowest BCUT2D eigenvalue weighted by atomic mass is 10.0. The van der Waals surface area contributed by atoms with Gasteiger partial charge in [-0.3, -0.25) is 0 Å². The molecule has 0 saturated carbocycles. The molecule has 3 aromatic carbocycles. The van der Waals surface area contributed by atoms with Crippen LogP contribution >= 0.6 is 15.9 Å². The Balaban J connectivity index is 1.91. The molecule has 0 saturated heterocycles. The molecule has 0 spiro atoms. The predicted octanol–water partition coefficient (Wildman–Crippen LogP) is 5.99. The van der Waals surface area contributed by atoms with E-state index in [-0.39, 0.29) is 5.97 Å². The van der Waals surface area contributed by atoms with E-state index in [1.165, 1.54) is 0 Å². The highest BCUT2D eigenvalue weighted by Crippen LogP contribution is 2.31. The fourth-order valence-electron chi connectivity index (χ4n) is 3.26. The SMILES string of the molecule is Cc1cc(Br)cc(C)c1OC(=O)c1c2ccccc2nc2ccccc12. The molecule has 128 valence electrons. The minimum absolute atomic E-state index is 0.367. The van der Waals surface area contributed by atoms with Gasteiger partial charge >= 0.3 is 5.97 Å². The van der Waals surface area contributed by atoms with Crippen LogP contribution in [0.5, 0.6) is 5.75 Å². The van der Waals surface area contributed by atoms with Crippen LogP contribution in [-0.4, -0.2) is 11.0 Å². The first-order chi connectivity index (χ1) is 12.5. The van der Waals surface area contributed by atoms with Crippen LogP contribution in [-0.2, 0) is 0 Å². The van der Waals surface area contributed by atoms with Crippen LogP contribution < -0.4 is 4.74 Å². The van der Waals surface area contributed by atoms with Gasteiger partial charge in [0.1, 0.15) is 5.75 Å². The molecule has 0 aliphatic rings. The monoisotopic (exact) mass is 405 g/mol. The van der Waals surface area contributed by atoms with Gasteiger partial charge in [-0.2, -0.15) is 0 Å². The van der Waals surface area contributed by atoms with Gasteiger partial charge < -0.3 is 4.74 Å². The van der Waals surface area contributed by atoms with E-state index in [0.29, 0.717) is 11.3 Å². The van der Waals surface area contributed by atoms with Crippen molar-refractivity contribution in [2.75, 3.05) is 0 Å². The van der Waals surface area contributed by atoms with Crippen LogP contribution in [0.4, 0.5) is 0 Å². The van der Waals surface area contributed by atoms with E-state index in [0.717, 1.165) is 37.4 Å². The Hall–Kier alpha value is -2.72. The zero-order valence-corrected chi connectivity index (χ0v) is 16.0. The van der Waals surface area contributed by atoms with E-state index < -0.39 is 0 Å². The molecule has 0 aliphatic heterocycles. The largest absolute Gasteiger partial charge is 0.422 e. The fraction of sp³-hybridized carbons (Fsp3) is 0.0909. The number of benzene rings is 3. The van der Waals surface area contributed by atoms with Crippen molar-refractivity contribution in [1.82, 2.24) is 4.98 Å². The Morgan fingerprint density at radius 2 is 1.38 bits per heavy atom. The maximum absolute atomic E-state index is 13.2. The number of rotatable bonds is 2. The summed E-state index contributed by atoms with van der Waals surface area (Å²) < 4.78 is 6.81. The Labute approximate surface area is 159 Å². The number of hydrogen-bond donors (Lipinski definition) is 0. The van der Waals surface area contributed by atoms with Crippen molar-refractivity contribution in [3.8, 4) is 5.75 Å². The first-order valence-electron chi connectivity index (χ1n) is 8.31. The molecule has 0 fully saturated rings. The number of pyridine rings is 1. The molecule has 0 amide bonds. The van der Waals surface area contributed by atoms with Gasteiger partial charge in [0.25, 0.3) is 0 Å². The van der Waals surface area contributed by atoms with E-state index in [4.69, 9.17) is 4.74 Å². The summed E-state index contributed by atoms with van der Waals surface area (Å²) in [6.07, 6.45) is 0. The van der Waals surface area contributed by atoms with Crippen LogP contribution in [0.15, 0.2) is 65.1 Å². The molecule has 4 rings (SSSR count). The summed E-state index contributed by atoms with van der Waals surface area (Å²) in [5.74, 6) is 0.233. The summed E-state index contributed by atoms with van der Waals surface area (Å²) in [6.45, 7) is 3.87. The molecule has 0 unspecified atom stereocenters. The lowest BCUT2D eigenvalue weighted by Gasteiger charge is -2.14. The van der Waals surface area contributed by atoms with Crippen molar-refractivity contribution >= 4 is 43.7 Å². The lowest BCUT2D eigenvalue weighted by Crippen LogP contribution is -2.12. The summed E-state index contributed by atoms with van der Waals surface area (Å²) in [5.41, 5.74) is 3.93. The number of carbonyl (C=O) groups is 1. The quantitative estimate of drug-likeness (QED) is 0.233. The second kappa shape index (κ2) is 6.54. The van der Waals surface area contributed by atoms with Crippen molar-refractivity contribution < 1.29 is 9.53 Å². The van der Waals surface area contributed by atoms with E-state index in [9.17, 15) is 4.79 Å². The number of fused-ring (bicyclic) bond motifs is 2. The Bertz CT molecular complexity index is 1090. The molecule has 0 N–H and O–H groups in total. The molecule has 0 aliphatic carbocycles. The maximum Gasteiger partial charge on any atom is 0.344 e. The first-order valence-corrected chi connectivity index (χ1v) is 9.10. The summed E-state index contributed by atoms with van der Waals surface area (Å²) in [6, 6.07) is 19.2. The van der Waals surface area contributed by atoms with E-state index in [2.05, 4.69) is 20.9 Å². The number of nitrogens with zero attached hydrogens (tertiary/aromatic N) is 1. The first kappa shape index (κ1) is 16.7. The second-order valence-corrected chi connectivity index (χ2v) is 7.20. The number of aromatic nitrogens is 1. The van der Waals surface area contributed by atoms with Crippen molar-refractivity contribution in [2.45, 2.75) is 13.8 Å². The third kappa shape index (κ3) is 2.86. The normalized spacial score (nSPS) is 11.0. The van der Waals surface area contributed by atoms with E-state index in [1.54, 1.807) is 0 Å². The van der Waals surface area contributed by atoms with Crippen LogP contribution in [0.3, 0.4) is 0 Å². The number of carbonyl (C=O) groups excluding carboxylic acids is 1. The number of aryl methyl sites for hydroxylation is 2. The van der Waals surface area contributed by atoms with Gasteiger partial charge in [0.2, 0.25) is 0 Å². The minimum atomic E-state index is -0.367. The van der Waals surface area contributed by atoms with Crippen LogP contribution in [0.1, 0.15) is 21.5 Å². The fourth-order valence-corrected chi connectivity index (χ4v) is 3.95. The Kier molecular flexibility index (Phi) is 4.21. The van der Waals surface area contributed by atoms with Gasteiger partial charge in [0, 0.05) is 15.2 Å². The lowest BCUT2D eigenvalue weighted by molar-refractivity contribution is 0.0736. The van der Waals surface area contributed by atoms with Crippen molar-refractivity contribution in [3.05, 3.63) is 81.8 Å². The third-order valence-electron chi connectivity index (χ3n) is 4.41. The van der Waals surface area contributed by atoms with Gasteiger partial charge in [-0.25, -0.2) is 9.78 Å². The molecule has 0 bridgehead atoms. The zero-order chi connectivity index (χ0) is 18.3. The van der Waals surface area contributed by atoms with E-state index >= 15 is 0 Å². The summed E-state index contributed by atoms with van der Waals surface area (Å²) >= 11 is 3.47. The van der Waals surface area contributed by atoms with Gasteiger partial charge in [0.05, 0.1) is 16.6 Å². The smallest absolute Gasteiger partial charge is 0.344 e.